The topological polar surface area (TPSA) is 61.4 Å². The SMILES string of the molecule is Cc1cccc(NC(=O)C(C)N(C)CC(=O)Nc2cccc(C)c2C)c1. The fourth-order valence-corrected chi connectivity index (χ4v) is 2.61. The Morgan fingerprint density at radius 1 is 1.04 bits per heavy atom. The van der Waals surface area contributed by atoms with Crippen LogP contribution in [0.25, 0.3) is 0 Å². The van der Waals surface area contributed by atoms with Gasteiger partial charge in [0.25, 0.3) is 0 Å². The first-order valence-corrected chi connectivity index (χ1v) is 8.71. The third-order valence-corrected chi connectivity index (χ3v) is 4.60. The highest BCUT2D eigenvalue weighted by atomic mass is 16.2. The minimum Gasteiger partial charge on any atom is -0.325 e. The second-order valence-electron chi connectivity index (χ2n) is 6.75. The largest absolute Gasteiger partial charge is 0.325 e. The Kier molecular flexibility index (Phi) is 6.52. The molecule has 0 aliphatic heterocycles. The molecule has 5 heteroatoms. The lowest BCUT2D eigenvalue weighted by atomic mass is 10.1. The van der Waals surface area contributed by atoms with E-state index in [0.29, 0.717) is 0 Å². The molecule has 2 aromatic rings. The predicted molar refractivity (Wildman–Crippen MR) is 106 cm³/mol. The Morgan fingerprint density at radius 3 is 2.42 bits per heavy atom. The van der Waals surface area contributed by atoms with E-state index >= 15 is 0 Å². The number of rotatable bonds is 6. The summed E-state index contributed by atoms with van der Waals surface area (Å²) in [5.41, 5.74) is 4.82. The monoisotopic (exact) mass is 353 g/mol. The summed E-state index contributed by atoms with van der Waals surface area (Å²) in [6.45, 7) is 7.89. The summed E-state index contributed by atoms with van der Waals surface area (Å²) >= 11 is 0. The summed E-state index contributed by atoms with van der Waals surface area (Å²) in [7, 11) is 1.77. The van der Waals surface area contributed by atoms with Crippen LogP contribution in [0.2, 0.25) is 0 Å². The van der Waals surface area contributed by atoms with Gasteiger partial charge in [-0.25, -0.2) is 0 Å². The number of carbonyl (C=O) groups excluding carboxylic acids is 2. The first-order chi connectivity index (χ1) is 12.3. The lowest BCUT2D eigenvalue weighted by Gasteiger charge is -2.23. The quantitative estimate of drug-likeness (QED) is 0.835. The van der Waals surface area contributed by atoms with Crippen LogP contribution in [0.1, 0.15) is 23.6 Å². The minimum atomic E-state index is -0.431. The Labute approximate surface area is 155 Å². The van der Waals surface area contributed by atoms with Gasteiger partial charge in [0.05, 0.1) is 12.6 Å². The standard InChI is InChI=1S/C21H27N3O2/c1-14-8-6-10-18(12-14)22-21(26)17(4)24(5)13-20(25)23-19-11-7-9-15(2)16(19)3/h6-12,17H,13H2,1-5H3,(H,22,26)(H,23,25). The lowest BCUT2D eigenvalue weighted by Crippen LogP contribution is -2.43. The second kappa shape index (κ2) is 8.63. The highest BCUT2D eigenvalue weighted by Crippen LogP contribution is 2.18. The van der Waals surface area contributed by atoms with Crippen molar-refractivity contribution < 1.29 is 9.59 Å². The van der Waals surface area contributed by atoms with E-state index in [9.17, 15) is 9.59 Å². The predicted octanol–water partition coefficient (Wildman–Crippen LogP) is 3.51. The summed E-state index contributed by atoms with van der Waals surface area (Å²) in [5, 5.41) is 5.81. The summed E-state index contributed by atoms with van der Waals surface area (Å²) in [5.74, 6) is -0.283. The van der Waals surface area contributed by atoms with E-state index in [0.717, 1.165) is 28.1 Å². The number of anilines is 2. The molecule has 0 saturated carbocycles. The molecular weight excluding hydrogens is 326 g/mol. The smallest absolute Gasteiger partial charge is 0.241 e. The van der Waals surface area contributed by atoms with Crippen molar-refractivity contribution in [2.45, 2.75) is 33.7 Å². The van der Waals surface area contributed by atoms with Gasteiger partial charge in [0.1, 0.15) is 0 Å². The maximum absolute atomic E-state index is 12.4. The van der Waals surface area contributed by atoms with Crippen LogP contribution < -0.4 is 10.6 Å². The van der Waals surface area contributed by atoms with Gasteiger partial charge in [0, 0.05) is 11.4 Å². The average molecular weight is 353 g/mol. The number of likely N-dealkylation sites (N-methyl/N-ethyl adjacent to an activating group) is 1. The van der Waals surface area contributed by atoms with Crippen LogP contribution in [0.5, 0.6) is 0 Å². The van der Waals surface area contributed by atoms with Gasteiger partial charge in [0.15, 0.2) is 0 Å². The van der Waals surface area contributed by atoms with Crippen molar-refractivity contribution in [3.8, 4) is 0 Å². The molecule has 1 unspecified atom stereocenters. The van der Waals surface area contributed by atoms with Crippen molar-refractivity contribution in [3.63, 3.8) is 0 Å². The van der Waals surface area contributed by atoms with Crippen LogP contribution in [0.3, 0.4) is 0 Å². The number of hydrogen-bond acceptors (Lipinski definition) is 3. The average Bonchev–Trinajstić information content (AvgIpc) is 2.58. The molecule has 0 radical (unpaired) electrons. The fourth-order valence-electron chi connectivity index (χ4n) is 2.61. The van der Waals surface area contributed by atoms with Crippen molar-refractivity contribution in [2.24, 2.45) is 0 Å². The van der Waals surface area contributed by atoms with Crippen LogP contribution in [-0.2, 0) is 9.59 Å². The van der Waals surface area contributed by atoms with Crippen molar-refractivity contribution in [1.82, 2.24) is 4.90 Å². The molecule has 5 nitrogen and oxygen atoms in total. The van der Waals surface area contributed by atoms with Gasteiger partial charge in [-0.1, -0.05) is 24.3 Å². The van der Waals surface area contributed by atoms with Gasteiger partial charge in [0.2, 0.25) is 11.8 Å². The summed E-state index contributed by atoms with van der Waals surface area (Å²) < 4.78 is 0. The fraction of sp³-hybridized carbons (Fsp3) is 0.333. The van der Waals surface area contributed by atoms with Crippen molar-refractivity contribution in [2.75, 3.05) is 24.2 Å². The molecule has 138 valence electrons. The third kappa shape index (κ3) is 5.17. The molecule has 0 aromatic heterocycles. The van der Waals surface area contributed by atoms with Gasteiger partial charge in [-0.05, 0) is 69.6 Å². The van der Waals surface area contributed by atoms with E-state index in [1.165, 1.54) is 0 Å². The molecule has 1 atom stereocenters. The lowest BCUT2D eigenvalue weighted by molar-refractivity contribution is -0.122. The zero-order valence-corrected chi connectivity index (χ0v) is 16.1. The molecule has 0 fully saturated rings. The Bertz CT molecular complexity index is 802. The van der Waals surface area contributed by atoms with Crippen molar-refractivity contribution in [1.29, 1.82) is 0 Å². The molecule has 2 N–H and O–H groups in total. The van der Waals surface area contributed by atoms with E-state index in [2.05, 4.69) is 10.6 Å². The van der Waals surface area contributed by atoms with Gasteiger partial charge in [-0.2, -0.15) is 0 Å². The number of carbonyl (C=O) groups is 2. The van der Waals surface area contributed by atoms with Crippen molar-refractivity contribution in [3.05, 3.63) is 59.2 Å². The highest BCUT2D eigenvalue weighted by molar-refractivity contribution is 5.96. The number of benzene rings is 2. The van der Waals surface area contributed by atoms with Crippen molar-refractivity contribution >= 4 is 23.2 Å². The maximum Gasteiger partial charge on any atom is 0.241 e. The zero-order chi connectivity index (χ0) is 19.3. The molecule has 0 spiro atoms. The van der Waals surface area contributed by atoms with E-state index in [1.807, 2.05) is 63.2 Å². The summed E-state index contributed by atoms with van der Waals surface area (Å²) in [6.07, 6.45) is 0. The first kappa shape index (κ1) is 19.7. The Balaban J connectivity index is 1.93. The second-order valence-corrected chi connectivity index (χ2v) is 6.75. The normalized spacial score (nSPS) is 11.9. The Morgan fingerprint density at radius 2 is 1.73 bits per heavy atom. The zero-order valence-electron chi connectivity index (χ0n) is 16.1. The first-order valence-electron chi connectivity index (χ1n) is 8.71. The molecular formula is C21H27N3O2. The number of amides is 2. The third-order valence-electron chi connectivity index (χ3n) is 4.60. The molecule has 0 aliphatic rings. The van der Waals surface area contributed by atoms with Gasteiger partial charge in [-0.3, -0.25) is 14.5 Å². The van der Waals surface area contributed by atoms with Crippen LogP contribution in [0.4, 0.5) is 11.4 Å². The molecule has 2 aromatic carbocycles. The molecule has 0 bridgehead atoms. The van der Waals surface area contributed by atoms with Crippen LogP contribution in [0.15, 0.2) is 42.5 Å². The Hall–Kier alpha value is -2.66. The van der Waals surface area contributed by atoms with Crippen LogP contribution in [-0.4, -0.2) is 36.3 Å². The maximum atomic E-state index is 12.4. The van der Waals surface area contributed by atoms with E-state index in [1.54, 1.807) is 18.9 Å². The molecule has 0 saturated heterocycles. The minimum absolute atomic E-state index is 0.135. The van der Waals surface area contributed by atoms with Crippen LogP contribution in [0, 0.1) is 20.8 Å². The van der Waals surface area contributed by atoms with Crippen LogP contribution >= 0.6 is 0 Å². The van der Waals surface area contributed by atoms with E-state index < -0.39 is 6.04 Å². The van der Waals surface area contributed by atoms with Gasteiger partial charge in [-0.15, -0.1) is 0 Å². The summed E-state index contributed by atoms with van der Waals surface area (Å²) in [4.78, 5) is 26.5. The number of nitrogens with one attached hydrogen (secondary N) is 2. The number of nitrogens with zero attached hydrogens (tertiary/aromatic N) is 1. The number of hydrogen-bond donors (Lipinski definition) is 2. The van der Waals surface area contributed by atoms with E-state index in [-0.39, 0.29) is 18.4 Å². The molecule has 2 amide bonds. The molecule has 0 aliphatic carbocycles. The molecule has 26 heavy (non-hydrogen) atoms. The highest BCUT2D eigenvalue weighted by Gasteiger charge is 2.20. The molecule has 0 heterocycles. The van der Waals surface area contributed by atoms with Gasteiger partial charge >= 0.3 is 0 Å². The number of aryl methyl sites for hydroxylation is 2. The van der Waals surface area contributed by atoms with E-state index in [4.69, 9.17) is 0 Å². The summed E-state index contributed by atoms with van der Waals surface area (Å²) in [6, 6.07) is 13.0. The molecule has 2 rings (SSSR count). The van der Waals surface area contributed by atoms with Gasteiger partial charge < -0.3 is 10.6 Å².